The molecule has 132 valence electrons. The van der Waals surface area contributed by atoms with Crippen molar-refractivity contribution in [2.75, 3.05) is 12.4 Å². The van der Waals surface area contributed by atoms with E-state index in [2.05, 4.69) is 5.32 Å². The van der Waals surface area contributed by atoms with Crippen molar-refractivity contribution < 1.29 is 24.2 Å². The number of anilines is 1. The van der Waals surface area contributed by atoms with E-state index >= 15 is 0 Å². The summed E-state index contributed by atoms with van der Waals surface area (Å²) in [6.45, 7) is 5.30. The maximum Gasteiger partial charge on any atom is 0.412 e. The molecule has 0 radical (unpaired) electrons. The molecule has 24 heavy (non-hydrogen) atoms. The van der Waals surface area contributed by atoms with Gasteiger partial charge in [-0.25, -0.2) is 4.79 Å². The average Bonchev–Trinajstić information content (AvgIpc) is 3.26. The zero-order chi connectivity index (χ0) is 18.1. The molecule has 0 aromatic heterocycles. The highest BCUT2D eigenvalue weighted by molar-refractivity contribution is 5.87. The molecule has 0 saturated heterocycles. The third-order valence-corrected chi connectivity index (χ3v) is 4.05. The van der Waals surface area contributed by atoms with E-state index in [-0.39, 0.29) is 0 Å². The van der Waals surface area contributed by atoms with Crippen LogP contribution >= 0.6 is 0 Å². The fraction of sp³-hybridized carbons (Fsp3) is 0.529. The fourth-order valence-corrected chi connectivity index (χ4v) is 2.70. The first kappa shape index (κ1) is 18.1. The predicted octanol–water partition coefficient (Wildman–Crippen LogP) is 2.49. The number of nitrogens with two attached hydrogens (primary N) is 1. The van der Waals surface area contributed by atoms with E-state index in [4.69, 9.17) is 15.2 Å². The Morgan fingerprint density at radius 1 is 1.33 bits per heavy atom. The Morgan fingerprint density at radius 3 is 2.42 bits per heavy atom. The van der Waals surface area contributed by atoms with Gasteiger partial charge < -0.3 is 20.3 Å². The van der Waals surface area contributed by atoms with Crippen molar-refractivity contribution in [3.8, 4) is 5.75 Å². The van der Waals surface area contributed by atoms with E-state index in [0.29, 0.717) is 29.8 Å². The van der Waals surface area contributed by atoms with Crippen molar-refractivity contribution in [1.82, 2.24) is 0 Å². The zero-order valence-corrected chi connectivity index (χ0v) is 14.4. The highest BCUT2D eigenvalue weighted by Gasteiger charge is 2.53. The van der Waals surface area contributed by atoms with Gasteiger partial charge in [-0.2, -0.15) is 0 Å². The van der Waals surface area contributed by atoms with Crippen LogP contribution in [0.3, 0.4) is 0 Å². The normalized spacial score (nSPS) is 16.9. The van der Waals surface area contributed by atoms with E-state index in [9.17, 15) is 14.7 Å². The van der Waals surface area contributed by atoms with Gasteiger partial charge in [-0.15, -0.1) is 0 Å². The van der Waals surface area contributed by atoms with Crippen LogP contribution in [0.15, 0.2) is 18.2 Å². The molecule has 1 aliphatic carbocycles. The van der Waals surface area contributed by atoms with Crippen LogP contribution in [-0.4, -0.2) is 35.9 Å². The number of ether oxygens (including phenoxy) is 2. The van der Waals surface area contributed by atoms with Crippen LogP contribution in [0.25, 0.3) is 0 Å². The first-order chi connectivity index (χ1) is 11.1. The molecule has 0 heterocycles. The minimum Gasteiger partial charge on any atom is -0.497 e. The minimum absolute atomic E-state index is 0.485. The standard InChI is InChI=1S/C17H24N2O5/c1-16(2,3)24-15(22)19-12-6-5-10(23-4)9-11(12)17(7-8-17)13(18)14(20)21/h5-6,9,13H,7-8,18H2,1-4H3,(H,19,22)(H,20,21). The topological polar surface area (TPSA) is 111 Å². The molecule has 1 aliphatic rings. The Hall–Kier alpha value is -2.28. The Labute approximate surface area is 141 Å². The Bertz CT molecular complexity index is 647. The van der Waals surface area contributed by atoms with E-state index in [0.717, 1.165) is 0 Å². The number of amides is 1. The molecule has 1 amide bonds. The van der Waals surface area contributed by atoms with Crippen LogP contribution in [0.2, 0.25) is 0 Å². The molecule has 1 aromatic rings. The summed E-state index contributed by atoms with van der Waals surface area (Å²) >= 11 is 0. The number of nitrogens with one attached hydrogen (secondary N) is 1. The molecule has 1 atom stereocenters. The summed E-state index contributed by atoms with van der Waals surface area (Å²) < 4.78 is 10.5. The summed E-state index contributed by atoms with van der Waals surface area (Å²) in [4.78, 5) is 23.4. The van der Waals surface area contributed by atoms with Gasteiger partial charge in [0, 0.05) is 11.1 Å². The van der Waals surface area contributed by atoms with Crippen LogP contribution in [-0.2, 0) is 14.9 Å². The highest BCUT2D eigenvalue weighted by Crippen LogP contribution is 2.53. The van der Waals surface area contributed by atoms with Gasteiger partial charge in [-0.05, 0) is 57.4 Å². The molecule has 0 bridgehead atoms. The third-order valence-electron chi connectivity index (χ3n) is 4.05. The average molecular weight is 336 g/mol. The lowest BCUT2D eigenvalue weighted by Crippen LogP contribution is -2.42. The van der Waals surface area contributed by atoms with Gasteiger partial charge in [0.15, 0.2) is 0 Å². The third kappa shape index (κ3) is 3.79. The molecule has 1 saturated carbocycles. The maximum atomic E-state index is 12.1. The molecular formula is C17H24N2O5. The summed E-state index contributed by atoms with van der Waals surface area (Å²) in [6.07, 6.45) is 0.668. The number of hydrogen-bond acceptors (Lipinski definition) is 5. The van der Waals surface area contributed by atoms with Crippen molar-refractivity contribution >= 4 is 17.7 Å². The number of carbonyl (C=O) groups is 2. The van der Waals surface area contributed by atoms with Crippen molar-refractivity contribution in [2.45, 2.75) is 50.7 Å². The molecular weight excluding hydrogens is 312 g/mol. The van der Waals surface area contributed by atoms with E-state index in [1.165, 1.54) is 7.11 Å². The largest absolute Gasteiger partial charge is 0.497 e. The molecule has 1 aromatic carbocycles. The smallest absolute Gasteiger partial charge is 0.412 e. The molecule has 7 nitrogen and oxygen atoms in total. The van der Waals surface area contributed by atoms with Crippen molar-refractivity contribution in [1.29, 1.82) is 0 Å². The lowest BCUT2D eigenvalue weighted by atomic mass is 9.87. The van der Waals surface area contributed by atoms with Gasteiger partial charge in [0.1, 0.15) is 17.4 Å². The number of rotatable bonds is 5. The number of carboxylic acids is 1. The van der Waals surface area contributed by atoms with Crippen molar-refractivity contribution in [2.24, 2.45) is 5.73 Å². The van der Waals surface area contributed by atoms with Crippen molar-refractivity contribution in [3.05, 3.63) is 23.8 Å². The molecule has 2 rings (SSSR count). The minimum atomic E-state index is -1.07. The molecule has 0 aliphatic heterocycles. The monoisotopic (exact) mass is 336 g/mol. The van der Waals surface area contributed by atoms with Crippen molar-refractivity contribution in [3.63, 3.8) is 0 Å². The van der Waals surface area contributed by atoms with Crippen LogP contribution in [0, 0.1) is 0 Å². The fourth-order valence-electron chi connectivity index (χ4n) is 2.70. The van der Waals surface area contributed by atoms with Gasteiger partial charge in [0.2, 0.25) is 0 Å². The van der Waals surface area contributed by atoms with E-state index < -0.39 is 29.1 Å². The number of carboxylic acid groups (broad SMARTS) is 1. The molecule has 0 spiro atoms. The summed E-state index contributed by atoms with van der Waals surface area (Å²) in [5, 5.41) is 12.0. The first-order valence-electron chi connectivity index (χ1n) is 7.76. The van der Waals surface area contributed by atoms with Crippen LogP contribution < -0.4 is 15.8 Å². The second-order valence-corrected chi connectivity index (χ2v) is 7.01. The van der Waals surface area contributed by atoms with E-state index in [1.807, 2.05) is 0 Å². The number of methoxy groups -OCH3 is 1. The molecule has 7 heteroatoms. The first-order valence-corrected chi connectivity index (χ1v) is 7.76. The SMILES string of the molecule is COc1ccc(NC(=O)OC(C)(C)C)c(C2(C(N)C(=O)O)CC2)c1. The predicted molar refractivity (Wildman–Crippen MR) is 89.4 cm³/mol. The summed E-state index contributed by atoms with van der Waals surface area (Å²) in [5.74, 6) is -0.498. The number of carbonyl (C=O) groups excluding carboxylic acids is 1. The quantitative estimate of drug-likeness (QED) is 0.762. The Balaban J connectivity index is 2.36. The van der Waals surface area contributed by atoms with E-state index in [1.54, 1.807) is 39.0 Å². The lowest BCUT2D eigenvalue weighted by molar-refractivity contribution is -0.139. The number of benzene rings is 1. The second kappa shape index (κ2) is 6.32. The Kier molecular flexibility index (Phi) is 4.75. The zero-order valence-electron chi connectivity index (χ0n) is 14.4. The summed E-state index contributed by atoms with van der Waals surface area (Å²) in [7, 11) is 1.52. The molecule has 4 N–H and O–H groups in total. The number of aliphatic carboxylic acids is 1. The van der Waals surface area contributed by atoms with Gasteiger partial charge in [0.25, 0.3) is 0 Å². The Morgan fingerprint density at radius 2 is 1.96 bits per heavy atom. The van der Waals surface area contributed by atoms with Gasteiger partial charge in [-0.3, -0.25) is 10.1 Å². The molecule has 1 unspecified atom stereocenters. The van der Waals surface area contributed by atoms with Crippen LogP contribution in [0.4, 0.5) is 10.5 Å². The van der Waals surface area contributed by atoms with Gasteiger partial charge >= 0.3 is 12.1 Å². The lowest BCUT2D eigenvalue weighted by Gasteiger charge is -2.25. The van der Waals surface area contributed by atoms with Crippen LogP contribution in [0.1, 0.15) is 39.2 Å². The van der Waals surface area contributed by atoms with Crippen LogP contribution in [0.5, 0.6) is 5.75 Å². The highest BCUT2D eigenvalue weighted by atomic mass is 16.6. The summed E-state index contributed by atoms with van der Waals surface area (Å²) in [5.41, 5.74) is 5.70. The van der Waals surface area contributed by atoms with Gasteiger partial charge in [-0.1, -0.05) is 0 Å². The van der Waals surface area contributed by atoms with Gasteiger partial charge in [0.05, 0.1) is 7.11 Å². The number of hydrogen-bond donors (Lipinski definition) is 3. The summed E-state index contributed by atoms with van der Waals surface area (Å²) in [6, 6.07) is 4.04. The second-order valence-electron chi connectivity index (χ2n) is 7.01. The molecule has 1 fully saturated rings. The maximum absolute atomic E-state index is 12.1.